The van der Waals surface area contributed by atoms with Gasteiger partial charge in [-0.1, -0.05) is 26.0 Å². The quantitative estimate of drug-likeness (QED) is 0.876. The second kappa shape index (κ2) is 7.78. The predicted octanol–water partition coefficient (Wildman–Crippen LogP) is 3.07. The van der Waals surface area contributed by atoms with Crippen LogP contribution >= 0.6 is 0 Å². The summed E-state index contributed by atoms with van der Waals surface area (Å²) in [4.78, 5) is 14.6. The molecule has 0 atom stereocenters. The summed E-state index contributed by atoms with van der Waals surface area (Å²) in [5, 5.41) is 10.1. The lowest BCUT2D eigenvalue weighted by molar-refractivity contribution is 0.0904. The minimum absolute atomic E-state index is 0.111. The molecule has 2 N–H and O–H groups in total. The molecule has 0 spiro atoms. The van der Waals surface area contributed by atoms with E-state index in [0.29, 0.717) is 11.6 Å². The van der Waals surface area contributed by atoms with E-state index < -0.39 is 0 Å². The van der Waals surface area contributed by atoms with Gasteiger partial charge in [-0.05, 0) is 42.5 Å². The molecule has 5 nitrogen and oxygen atoms in total. The Morgan fingerprint density at radius 3 is 2.60 bits per heavy atom. The molecule has 0 unspecified atom stereocenters. The van der Waals surface area contributed by atoms with Crippen LogP contribution in [0.15, 0.2) is 30.3 Å². The predicted molar refractivity (Wildman–Crippen MR) is 94.8 cm³/mol. The Labute approximate surface area is 147 Å². The summed E-state index contributed by atoms with van der Waals surface area (Å²) >= 11 is 0. The standard InChI is InChI=1S/C19H25FN4O/c1-13(2)17-11-18(23-22-17)19(25)21-16-7-9-24(10-8-16)12-14-3-5-15(20)6-4-14/h3-6,11,13,16H,7-10,12H2,1-2H3,(H,21,25)(H,22,23). The lowest BCUT2D eigenvalue weighted by atomic mass is 10.0. The third-order valence-electron chi connectivity index (χ3n) is 4.69. The van der Waals surface area contributed by atoms with Crippen molar-refractivity contribution in [1.29, 1.82) is 0 Å². The van der Waals surface area contributed by atoms with Crippen LogP contribution in [0.4, 0.5) is 4.39 Å². The number of hydrogen-bond acceptors (Lipinski definition) is 3. The Morgan fingerprint density at radius 2 is 2.00 bits per heavy atom. The van der Waals surface area contributed by atoms with E-state index in [2.05, 4.69) is 34.3 Å². The van der Waals surface area contributed by atoms with Crippen molar-refractivity contribution in [2.45, 2.75) is 45.2 Å². The van der Waals surface area contributed by atoms with Crippen molar-refractivity contribution in [3.63, 3.8) is 0 Å². The number of nitrogens with zero attached hydrogens (tertiary/aromatic N) is 2. The van der Waals surface area contributed by atoms with Gasteiger partial charge in [0, 0.05) is 31.4 Å². The molecule has 1 aliphatic heterocycles. The molecular weight excluding hydrogens is 319 g/mol. The molecule has 1 saturated heterocycles. The van der Waals surface area contributed by atoms with Crippen molar-refractivity contribution in [3.8, 4) is 0 Å². The lowest BCUT2D eigenvalue weighted by Crippen LogP contribution is -2.44. The first-order valence-electron chi connectivity index (χ1n) is 8.84. The largest absolute Gasteiger partial charge is 0.348 e. The van der Waals surface area contributed by atoms with Crippen molar-refractivity contribution in [1.82, 2.24) is 20.4 Å². The second-order valence-corrected chi connectivity index (χ2v) is 7.01. The highest BCUT2D eigenvalue weighted by atomic mass is 19.1. The lowest BCUT2D eigenvalue weighted by Gasteiger charge is -2.32. The van der Waals surface area contributed by atoms with Crippen LogP contribution < -0.4 is 5.32 Å². The van der Waals surface area contributed by atoms with Gasteiger partial charge in [-0.2, -0.15) is 5.10 Å². The van der Waals surface area contributed by atoms with Gasteiger partial charge in [0.05, 0.1) is 0 Å². The molecule has 2 aromatic rings. The van der Waals surface area contributed by atoms with Crippen molar-refractivity contribution in [2.24, 2.45) is 0 Å². The smallest absolute Gasteiger partial charge is 0.271 e. The van der Waals surface area contributed by atoms with Gasteiger partial charge in [-0.3, -0.25) is 14.8 Å². The summed E-state index contributed by atoms with van der Waals surface area (Å²) in [5.41, 5.74) is 2.54. The fourth-order valence-corrected chi connectivity index (χ4v) is 3.09. The first-order valence-corrected chi connectivity index (χ1v) is 8.84. The average Bonchev–Trinajstić information content (AvgIpc) is 3.09. The zero-order valence-corrected chi connectivity index (χ0v) is 14.8. The minimum atomic E-state index is -0.204. The Bertz CT molecular complexity index is 702. The molecular formula is C19H25FN4O. The number of hydrogen-bond donors (Lipinski definition) is 2. The van der Waals surface area contributed by atoms with Gasteiger partial charge in [0.15, 0.2) is 0 Å². The molecule has 0 aliphatic carbocycles. The van der Waals surface area contributed by atoms with Gasteiger partial charge in [-0.15, -0.1) is 0 Å². The maximum Gasteiger partial charge on any atom is 0.271 e. The van der Waals surface area contributed by atoms with Crippen LogP contribution in [0.1, 0.15) is 54.4 Å². The van der Waals surface area contributed by atoms with E-state index in [1.807, 2.05) is 18.2 Å². The van der Waals surface area contributed by atoms with Gasteiger partial charge in [0.1, 0.15) is 11.5 Å². The Kier molecular flexibility index (Phi) is 5.48. The SMILES string of the molecule is CC(C)c1cc(C(=O)NC2CCN(Cc3ccc(F)cc3)CC2)n[nH]1. The summed E-state index contributed by atoms with van der Waals surface area (Å²) in [7, 11) is 0. The zero-order chi connectivity index (χ0) is 17.8. The molecule has 1 aromatic heterocycles. The van der Waals surface area contributed by atoms with Crippen LogP contribution in [0.5, 0.6) is 0 Å². The molecule has 3 rings (SSSR count). The first-order chi connectivity index (χ1) is 12.0. The van der Waals surface area contributed by atoms with Crippen molar-refractivity contribution < 1.29 is 9.18 Å². The number of nitrogens with one attached hydrogen (secondary N) is 2. The highest BCUT2D eigenvalue weighted by molar-refractivity contribution is 5.92. The number of piperidine rings is 1. The van der Waals surface area contributed by atoms with E-state index in [1.54, 1.807) is 0 Å². The topological polar surface area (TPSA) is 61.0 Å². The molecule has 1 amide bonds. The number of aromatic amines is 1. The number of carbonyl (C=O) groups is 1. The van der Waals surface area contributed by atoms with Crippen molar-refractivity contribution in [2.75, 3.05) is 13.1 Å². The van der Waals surface area contributed by atoms with E-state index in [-0.39, 0.29) is 17.8 Å². The van der Waals surface area contributed by atoms with Crippen LogP contribution in [-0.4, -0.2) is 40.1 Å². The van der Waals surface area contributed by atoms with Crippen LogP contribution in [-0.2, 0) is 6.54 Å². The molecule has 0 radical (unpaired) electrons. The highest BCUT2D eigenvalue weighted by Gasteiger charge is 2.22. The molecule has 25 heavy (non-hydrogen) atoms. The molecule has 1 aliphatic rings. The minimum Gasteiger partial charge on any atom is -0.348 e. The number of benzene rings is 1. The average molecular weight is 344 g/mol. The Balaban J connectivity index is 1.47. The fraction of sp³-hybridized carbons (Fsp3) is 0.474. The number of amides is 1. The summed E-state index contributed by atoms with van der Waals surface area (Å²) in [6.07, 6.45) is 1.82. The van der Waals surface area contributed by atoms with Crippen LogP contribution in [0.2, 0.25) is 0 Å². The van der Waals surface area contributed by atoms with Gasteiger partial charge in [-0.25, -0.2) is 4.39 Å². The molecule has 1 fully saturated rings. The number of halogens is 1. The number of carbonyl (C=O) groups excluding carboxylic acids is 1. The number of aromatic nitrogens is 2. The Hall–Kier alpha value is -2.21. The fourth-order valence-electron chi connectivity index (χ4n) is 3.09. The third kappa shape index (κ3) is 4.66. The van der Waals surface area contributed by atoms with Gasteiger partial charge >= 0.3 is 0 Å². The van der Waals surface area contributed by atoms with Gasteiger partial charge in [0.25, 0.3) is 5.91 Å². The zero-order valence-electron chi connectivity index (χ0n) is 14.8. The normalized spacial score (nSPS) is 16.3. The van der Waals surface area contributed by atoms with E-state index in [9.17, 15) is 9.18 Å². The first kappa shape index (κ1) is 17.6. The van der Waals surface area contributed by atoms with E-state index in [1.165, 1.54) is 12.1 Å². The second-order valence-electron chi connectivity index (χ2n) is 7.01. The van der Waals surface area contributed by atoms with E-state index >= 15 is 0 Å². The summed E-state index contributed by atoms with van der Waals surface area (Å²) in [6, 6.07) is 8.65. The summed E-state index contributed by atoms with van der Waals surface area (Å²) in [5.74, 6) is 0.00745. The van der Waals surface area contributed by atoms with Gasteiger partial charge < -0.3 is 5.32 Å². The van der Waals surface area contributed by atoms with E-state index in [0.717, 1.165) is 43.7 Å². The molecule has 134 valence electrons. The molecule has 2 heterocycles. The number of likely N-dealkylation sites (tertiary alicyclic amines) is 1. The maximum atomic E-state index is 13.0. The Morgan fingerprint density at radius 1 is 1.32 bits per heavy atom. The number of rotatable bonds is 5. The van der Waals surface area contributed by atoms with E-state index in [4.69, 9.17) is 0 Å². The summed E-state index contributed by atoms with van der Waals surface area (Å²) in [6.45, 7) is 6.77. The summed E-state index contributed by atoms with van der Waals surface area (Å²) < 4.78 is 13.0. The van der Waals surface area contributed by atoms with Crippen LogP contribution in [0.25, 0.3) is 0 Å². The van der Waals surface area contributed by atoms with Gasteiger partial charge in [0.2, 0.25) is 0 Å². The monoisotopic (exact) mass is 344 g/mol. The molecule has 0 bridgehead atoms. The maximum absolute atomic E-state index is 13.0. The van der Waals surface area contributed by atoms with Crippen molar-refractivity contribution >= 4 is 5.91 Å². The molecule has 6 heteroatoms. The number of H-pyrrole nitrogens is 1. The highest BCUT2D eigenvalue weighted by Crippen LogP contribution is 2.16. The van der Waals surface area contributed by atoms with Crippen LogP contribution in [0.3, 0.4) is 0 Å². The molecule has 1 aromatic carbocycles. The molecule has 0 saturated carbocycles. The van der Waals surface area contributed by atoms with Crippen LogP contribution in [0, 0.1) is 5.82 Å². The third-order valence-corrected chi connectivity index (χ3v) is 4.69. The van der Waals surface area contributed by atoms with Crippen molar-refractivity contribution in [3.05, 3.63) is 53.1 Å².